The molecule has 2 heterocycles. The van der Waals surface area contributed by atoms with Crippen molar-refractivity contribution in [3.63, 3.8) is 0 Å². The van der Waals surface area contributed by atoms with Crippen molar-refractivity contribution in [2.45, 2.75) is 78.4 Å². The molecule has 1 aliphatic rings. The second-order valence-corrected chi connectivity index (χ2v) is 8.13. The number of hydrogen-bond donors (Lipinski definition) is 0. The third kappa shape index (κ3) is 5.68. The number of nitrogens with zero attached hydrogens (tertiary/aromatic N) is 3. The highest BCUT2D eigenvalue weighted by atomic mass is 16.6. The molecule has 1 aromatic heterocycles. The number of ether oxygens (including phenoxy) is 1. The van der Waals surface area contributed by atoms with Crippen molar-refractivity contribution in [3.8, 4) is 0 Å². The number of pyridine rings is 1. The summed E-state index contributed by atoms with van der Waals surface area (Å²) in [5, 5.41) is 0. The largest absolute Gasteiger partial charge is 0.443 e. The number of piperidine rings is 1. The van der Waals surface area contributed by atoms with Gasteiger partial charge < -0.3 is 9.64 Å². The topological polar surface area (TPSA) is 62.7 Å². The molecule has 2 amide bonds. The van der Waals surface area contributed by atoms with Gasteiger partial charge in [0.05, 0.1) is 6.04 Å². The van der Waals surface area contributed by atoms with E-state index in [0.717, 1.165) is 44.2 Å². The summed E-state index contributed by atoms with van der Waals surface area (Å²) in [6.07, 6.45) is 6.08. The summed E-state index contributed by atoms with van der Waals surface area (Å²) < 4.78 is 5.63. The van der Waals surface area contributed by atoms with E-state index >= 15 is 0 Å². The predicted molar refractivity (Wildman–Crippen MR) is 107 cm³/mol. The summed E-state index contributed by atoms with van der Waals surface area (Å²) >= 11 is 0. The molecule has 1 aliphatic heterocycles. The lowest BCUT2D eigenvalue weighted by Gasteiger charge is -2.37. The van der Waals surface area contributed by atoms with Gasteiger partial charge in [0.1, 0.15) is 11.4 Å². The molecule has 1 aromatic rings. The number of likely N-dealkylation sites (tertiary alicyclic amines) is 1. The van der Waals surface area contributed by atoms with Crippen molar-refractivity contribution < 1.29 is 14.3 Å². The number of carbonyl (C=O) groups excluding carboxylic acids is 2. The lowest BCUT2D eigenvalue weighted by atomic mass is 9.95. The molecule has 0 saturated carbocycles. The van der Waals surface area contributed by atoms with E-state index in [1.807, 2.05) is 37.8 Å². The highest BCUT2D eigenvalue weighted by Crippen LogP contribution is 2.36. The summed E-state index contributed by atoms with van der Waals surface area (Å²) in [7, 11) is 0. The molecule has 6 nitrogen and oxygen atoms in total. The standard InChI is InChI=1S/C21H33N3O3/c1-6-7-14-24(20(26)27-21(3,4)5)19-17(11-10-13-22-19)18-12-8-9-15-23(18)16(2)25/h10-11,13,18H,6-9,12,14-15H2,1-5H3. The van der Waals surface area contributed by atoms with Gasteiger partial charge >= 0.3 is 6.09 Å². The maximum Gasteiger partial charge on any atom is 0.416 e. The van der Waals surface area contributed by atoms with Crippen molar-refractivity contribution in [1.29, 1.82) is 0 Å². The van der Waals surface area contributed by atoms with Crippen LogP contribution >= 0.6 is 0 Å². The number of amides is 2. The zero-order valence-electron chi connectivity index (χ0n) is 17.3. The fourth-order valence-electron chi connectivity index (χ4n) is 3.44. The quantitative estimate of drug-likeness (QED) is 0.748. The van der Waals surface area contributed by atoms with Crippen LogP contribution < -0.4 is 4.90 Å². The van der Waals surface area contributed by atoms with E-state index in [4.69, 9.17) is 4.74 Å². The van der Waals surface area contributed by atoms with Gasteiger partial charge in [0, 0.05) is 31.8 Å². The molecule has 0 aliphatic carbocycles. The molecule has 0 bridgehead atoms. The lowest BCUT2D eigenvalue weighted by molar-refractivity contribution is -0.132. The number of rotatable bonds is 5. The Bertz CT molecular complexity index is 654. The highest BCUT2D eigenvalue weighted by Gasteiger charge is 2.32. The molecule has 6 heteroatoms. The van der Waals surface area contributed by atoms with E-state index in [-0.39, 0.29) is 18.0 Å². The van der Waals surface area contributed by atoms with E-state index < -0.39 is 5.60 Å². The van der Waals surface area contributed by atoms with Crippen LogP contribution in [0.1, 0.15) is 78.3 Å². The smallest absolute Gasteiger partial charge is 0.416 e. The van der Waals surface area contributed by atoms with Gasteiger partial charge in [-0.2, -0.15) is 0 Å². The maximum absolute atomic E-state index is 12.9. The molecule has 2 rings (SSSR count). The van der Waals surface area contributed by atoms with Crippen LogP contribution in [0.4, 0.5) is 10.6 Å². The van der Waals surface area contributed by atoms with Crippen LogP contribution in [-0.4, -0.2) is 40.6 Å². The average molecular weight is 376 g/mol. The van der Waals surface area contributed by atoms with Gasteiger partial charge in [0.25, 0.3) is 0 Å². The number of aromatic nitrogens is 1. The van der Waals surface area contributed by atoms with E-state index in [1.165, 1.54) is 0 Å². The Kier molecular flexibility index (Phi) is 7.22. The van der Waals surface area contributed by atoms with Crippen molar-refractivity contribution >= 4 is 17.8 Å². The zero-order valence-corrected chi connectivity index (χ0v) is 17.3. The Hall–Kier alpha value is -2.11. The minimum absolute atomic E-state index is 0.0495. The second-order valence-electron chi connectivity index (χ2n) is 8.13. The van der Waals surface area contributed by atoms with Crippen LogP contribution in [0.25, 0.3) is 0 Å². The first kappa shape index (κ1) is 21.2. The molecule has 1 atom stereocenters. The Morgan fingerprint density at radius 3 is 2.70 bits per heavy atom. The number of anilines is 1. The van der Waals surface area contributed by atoms with Crippen molar-refractivity contribution in [1.82, 2.24) is 9.88 Å². The van der Waals surface area contributed by atoms with E-state index in [0.29, 0.717) is 12.4 Å². The minimum Gasteiger partial charge on any atom is -0.443 e. The predicted octanol–water partition coefficient (Wildman–Crippen LogP) is 4.70. The summed E-state index contributed by atoms with van der Waals surface area (Å²) in [5.74, 6) is 0.672. The molecule has 0 spiro atoms. The maximum atomic E-state index is 12.9. The van der Waals surface area contributed by atoms with Gasteiger partial charge in [0.15, 0.2) is 0 Å². The fraction of sp³-hybridized carbons (Fsp3) is 0.667. The Labute approximate surface area is 162 Å². The first-order valence-electron chi connectivity index (χ1n) is 9.97. The van der Waals surface area contributed by atoms with Gasteiger partial charge in [0.2, 0.25) is 5.91 Å². The third-order valence-corrected chi connectivity index (χ3v) is 4.69. The molecule has 150 valence electrons. The Balaban J connectivity index is 2.41. The molecule has 0 aromatic carbocycles. The van der Waals surface area contributed by atoms with E-state index in [9.17, 15) is 9.59 Å². The van der Waals surface area contributed by atoms with Crippen molar-refractivity contribution in [2.24, 2.45) is 0 Å². The van der Waals surface area contributed by atoms with E-state index in [1.54, 1.807) is 18.0 Å². The fourth-order valence-corrected chi connectivity index (χ4v) is 3.44. The zero-order chi connectivity index (χ0) is 20.0. The van der Waals surface area contributed by atoms with Gasteiger partial charge in [-0.1, -0.05) is 19.4 Å². The molecule has 1 fully saturated rings. The van der Waals surface area contributed by atoms with Crippen LogP contribution in [-0.2, 0) is 9.53 Å². The number of hydrogen-bond acceptors (Lipinski definition) is 4. The highest BCUT2D eigenvalue weighted by molar-refractivity contribution is 5.88. The normalized spacial score (nSPS) is 17.5. The van der Waals surface area contributed by atoms with E-state index in [2.05, 4.69) is 11.9 Å². The summed E-state index contributed by atoms with van der Waals surface area (Å²) in [4.78, 5) is 33.1. The van der Waals surface area contributed by atoms with Gasteiger partial charge in [-0.25, -0.2) is 9.78 Å². The average Bonchev–Trinajstić information content (AvgIpc) is 2.61. The van der Waals surface area contributed by atoms with Gasteiger partial charge in [-0.15, -0.1) is 0 Å². The molecule has 0 radical (unpaired) electrons. The molecular weight excluding hydrogens is 342 g/mol. The summed E-state index contributed by atoms with van der Waals surface area (Å²) in [6, 6.07) is 3.81. The summed E-state index contributed by atoms with van der Waals surface area (Å²) in [6.45, 7) is 10.6. The van der Waals surface area contributed by atoms with Crippen molar-refractivity contribution in [2.75, 3.05) is 18.0 Å². The van der Waals surface area contributed by atoms with Crippen LogP contribution in [0.3, 0.4) is 0 Å². The first-order chi connectivity index (χ1) is 12.7. The molecule has 27 heavy (non-hydrogen) atoms. The Morgan fingerprint density at radius 2 is 2.07 bits per heavy atom. The van der Waals surface area contributed by atoms with Gasteiger partial charge in [-0.05, 0) is 52.5 Å². The van der Waals surface area contributed by atoms with Crippen molar-refractivity contribution in [3.05, 3.63) is 23.9 Å². The lowest BCUT2D eigenvalue weighted by Crippen LogP contribution is -2.41. The first-order valence-corrected chi connectivity index (χ1v) is 9.97. The SMILES string of the molecule is CCCCN(C(=O)OC(C)(C)C)c1ncccc1C1CCCCN1C(C)=O. The minimum atomic E-state index is -0.577. The van der Waals surface area contributed by atoms with Crippen LogP contribution in [0, 0.1) is 0 Å². The summed E-state index contributed by atoms with van der Waals surface area (Å²) in [5.41, 5.74) is 0.349. The van der Waals surface area contributed by atoms with Crippen LogP contribution in [0.5, 0.6) is 0 Å². The monoisotopic (exact) mass is 375 g/mol. The molecule has 1 saturated heterocycles. The van der Waals surface area contributed by atoms with Gasteiger partial charge in [-0.3, -0.25) is 9.69 Å². The van der Waals surface area contributed by atoms with Crippen LogP contribution in [0.15, 0.2) is 18.3 Å². The van der Waals surface area contributed by atoms with Crippen LogP contribution in [0.2, 0.25) is 0 Å². The molecular formula is C21H33N3O3. The number of unbranched alkanes of at least 4 members (excludes halogenated alkanes) is 1. The third-order valence-electron chi connectivity index (χ3n) is 4.69. The number of carbonyl (C=O) groups is 2. The molecule has 0 N–H and O–H groups in total. The second kappa shape index (κ2) is 9.20. The molecule has 1 unspecified atom stereocenters. The Morgan fingerprint density at radius 1 is 1.33 bits per heavy atom.